The number of nitrogens with zero attached hydrogens (tertiary/aromatic N) is 1. The van der Waals surface area contributed by atoms with Gasteiger partial charge in [-0.1, -0.05) is 19.3 Å². The molecule has 1 amide bonds. The van der Waals surface area contributed by atoms with Crippen LogP contribution < -0.4 is 0 Å². The topological polar surface area (TPSA) is 46.6 Å². The third-order valence-corrected chi connectivity index (χ3v) is 3.16. The summed E-state index contributed by atoms with van der Waals surface area (Å²) in [6.07, 6.45) is 5.10. The Labute approximate surface area is 96.9 Å². The second kappa shape index (κ2) is 5.87. The average molecular weight is 227 g/mol. The van der Waals surface area contributed by atoms with Crippen LogP contribution in [0.15, 0.2) is 0 Å². The van der Waals surface area contributed by atoms with E-state index in [0.29, 0.717) is 6.04 Å². The minimum Gasteiger partial charge on any atom is -0.453 e. The van der Waals surface area contributed by atoms with Gasteiger partial charge in [0.15, 0.2) is 6.10 Å². The third-order valence-electron chi connectivity index (χ3n) is 3.16. The Kier molecular flexibility index (Phi) is 4.77. The lowest BCUT2D eigenvalue weighted by molar-refractivity contribution is -0.158. The van der Waals surface area contributed by atoms with Crippen molar-refractivity contribution in [3.8, 4) is 0 Å². The standard InChI is InChI=1S/C12H21NO3/c1-9(16-10(2)14)12(15)13(3)11-7-5-4-6-8-11/h9,11H,4-8H2,1-3H3. The second-order valence-electron chi connectivity index (χ2n) is 4.49. The summed E-state index contributed by atoms with van der Waals surface area (Å²) >= 11 is 0. The Morgan fingerprint density at radius 2 is 1.81 bits per heavy atom. The zero-order chi connectivity index (χ0) is 12.1. The molecule has 0 bridgehead atoms. The molecule has 1 atom stereocenters. The van der Waals surface area contributed by atoms with Crippen molar-refractivity contribution < 1.29 is 14.3 Å². The molecule has 92 valence electrons. The maximum Gasteiger partial charge on any atom is 0.303 e. The lowest BCUT2D eigenvalue weighted by atomic mass is 9.94. The van der Waals surface area contributed by atoms with Gasteiger partial charge in [0.05, 0.1) is 0 Å². The highest BCUT2D eigenvalue weighted by Gasteiger charge is 2.26. The Balaban J connectivity index is 2.48. The van der Waals surface area contributed by atoms with Gasteiger partial charge in [0, 0.05) is 20.0 Å². The summed E-state index contributed by atoms with van der Waals surface area (Å²) < 4.78 is 4.89. The summed E-state index contributed by atoms with van der Waals surface area (Å²) in [6, 6.07) is 0.319. The van der Waals surface area contributed by atoms with Crippen LogP contribution in [0.5, 0.6) is 0 Å². The molecule has 1 rings (SSSR count). The maximum atomic E-state index is 11.9. The number of rotatable bonds is 3. The number of ether oxygens (including phenoxy) is 1. The molecule has 4 nitrogen and oxygen atoms in total. The number of carbonyl (C=O) groups excluding carboxylic acids is 2. The molecule has 1 fully saturated rings. The maximum absolute atomic E-state index is 11.9. The molecule has 0 aromatic heterocycles. The Bertz CT molecular complexity index is 259. The van der Waals surface area contributed by atoms with Crippen molar-refractivity contribution in [1.29, 1.82) is 0 Å². The Hall–Kier alpha value is -1.06. The van der Waals surface area contributed by atoms with Gasteiger partial charge < -0.3 is 9.64 Å². The van der Waals surface area contributed by atoms with Crippen LogP contribution in [0.3, 0.4) is 0 Å². The molecule has 0 radical (unpaired) electrons. The highest BCUT2D eigenvalue weighted by Crippen LogP contribution is 2.22. The van der Waals surface area contributed by atoms with Gasteiger partial charge in [0.1, 0.15) is 0 Å². The van der Waals surface area contributed by atoms with E-state index in [9.17, 15) is 9.59 Å². The first-order valence-electron chi connectivity index (χ1n) is 5.96. The van der Waals surface area contributed by atoms with Crippen molar-refractivity contribution in [3.63, 3.8) is 0 Å². The number of esters is 1. The molecule has 0 aliphatic heterocycles. The number of amides is 1. The van der Waals surface area contributed by atoms with Crippen molar-refractivity contribution in [2.75, 3.05) is 7.05 Å². The summed E-state index contributed by atoms with van der Waals surface area (Å²) in [5, 5.41) is 0. The molecule has 16 heavy (non-hydrogen) atoms. The molecule has 4 heteroatoms. The zero-order valence-electron chi connectivity index (χ0n) is 10.4. The molecule has 1 unspecified atom stereocenters. The highest BCUT2D eigenvalue weighted by molar-refractivity contribution is 5.83. The fraction of sp³-hybridized carbons (Fsp3) is 0.833. The van der Waals surface area contributed by atoms with Crippen molar-refractivity contribution in [3.05, 3.63) is 0 Å². The average Bonchev–Trinajstić information content (AvgIpc) is 2.27. The zero-order valence-corrected chi connectivity index (χ0v) is 10.4. The van der Waals surface area contributed by atoms with E-state index in [0.717, 1.165) is 12.8 Å². The van der Waals surface area contributed by atoms with Crippen molar-refractivity contribution in [2.45, 2.75) is 58.1 Å². The van der Waals surface area contributed by atoms with Gasteiger partial charge in [-0.3, -0.25) is 9.59 Å². The first-order chi connectivity index (χ1) is 7.52. The van der Waals surface area contributed by atoms with Crippen LogP contribution in [0.25, 0.3) is 0 Å². The lowest BCUT2D eigenvalue weighted by Gasteiger charge is -2.32. The molecule has 1 saturated carbocycles. The SMILES string of the molecule is CC(=O)OC(C)C(=O)N(C)C1CCCCC1. The normalized spacial score (nSPS) is 18.9. The molecular weight excluding hydrogens is 206 g/mol. The van der Waals surface area contributed by atoms with E-state index in [-0.39, 0.29) is 5.91 Å². The minimum atomic E-state index is -0.663. The van der Waals surface area contributed by atoms with Crippen LogP contribution in [0, 0.1) is 0 Å². The summed E-state index contributed by atoms with van der Waals surface area (Å²) in [6.45, 7) is 2.95. The van der Waals surface area contributed by atoms with E-state index in [4.69, 9.17) is 4.74 Å². The first kappa shape index (κ1) is 13.0. The second-order valence-corrected chi connectivity index (χ2v) is 4.49. The van der Waals surface area contributed by atoms with Gasteiger partial charge in [-0.15, -0.1) is 0 Å². The van der Waals surface area contributed by atoms with Crippen LogP contribution in [0.1, 0.15) is 46.0 Å². The predicted octanol–water partition coefficient (Wildman–Crippen LogP) is 1.73. The largest absolute Gasteiger partial charge is 0.453 e. The van der Waals surface area contributed by atoms with E-state index in [2.05, 4.69) is 0 Å². The molecule has 1 aliphatic rings. The van der Waals surface area contributed by atoms with Gasteiger partial charge in [-0.05, 0) is 19.8 Å². The summed E-state index contributed by atoms with van der Waals surface area (Å²) in [4.78, 5) is 24.4. The van der Waals surface area contributed by atoms with Gasteiger partial charge in [0.2, 0.25) is 0 Å². The van der Waals surface area contributed by atoms with Gasteiger partial charge in [0.25, 0.3) is 5.91 Å². The lowest BCUT2D eigenvalue weighted by Crippen LogP contribution is -2.44. The van der Waals surface area contributed by atoms with Crippen LogP contribution in [0.2, 0.25) is 0 Å². The summed E-state index contributed by atoms with van der Waals surface area (Å²) in [7, 11) is 1.80. The van der Waals surface area contributed by atoms with Gasteiger partial charge in [-0.2, -0.15) is 0 Å². The monoisotopic (exact) mass is 227 g/mol. The van der Waals surface area contributed by atoms with Crippen LogP contribution in [0.4, 0.5) is 0 Å². The van der Waals surface area contributed by atoms with E-state index < -0.39 is 12.1 Å². The molecule has 0 spiro atoms. The van der Waals surface area contributed by atoms with Crippen LogP contribution in [-0.4, -0.2) is 36.0 Å². The van der Waals surface area contributed by atoms with Crippen molar-refractivity contribution in [1.82, 2.24) is 4.90 Å². The Morgan fingerprint density at radius 3 is 2.31 bits per heavy atom. The van der Waals surface area contributed by atoms with Gasteiger partial charge >= 0.3 is 5.97 Å². The summed E-state index contributed by atoms with van der Waals surface area (Å²) in [5.74, 6) is -0.500. The molecule has 0 saturated heterocycles. The molecule has 0 aromatic carbocycles. The van der Waals surface area contributed by atoms with Crippen molar-refractivity contribution in [2.24, 2.45) is 0 Å². The summed E-state index contributed by atoms with van der Waals surface area (Å²) in [5.41, 5.74) is 0. The number of carbonyl (C=O) groups is 2. The van der Waals surface area contributed by atoms with E-state index in [1.807, 2.05) is 0 Å². The third kappa shape index (κ3) is 3.51. The van der Waals surface area contributed by atoms with Crippen molar-refractivity contribution >= 4 is 11.9 Å². The van der Waals surface area contributed by atoms with Crippen LogP contribution in [-0.2, 0) is 14.3 Å². The molecule has 0 heterocycles. The number of hydrogen-bond donors (Lipinski definition) is 0. The quantitative estimate of drug-likeness (QED) is 0.690. The fourth-order valence-electron chi connectivity index (χ4n) is 2.23. The van der Waals surface area contributed by atoms with Gasteiger partial charge in [-0.25, -0.2) is 0 Å². The molecule has 0 aromatic rings. The Morgan fingerprint density at radius 1 is 1.25 bits per heavy atom. The predicted molar refractivity (Wildman–Crippen MR) is 60.9 cm³/mol. The fourth-order valence-corrected chi connectivity index (χ4v) is 2.23. The minimum absolute atomic E-state index is 0.0953. The molecular formula is C12H21NO3. The highest BCUT2D eigenvalue weighted by atomic mass is 16.5. The smallest absolute Gasteiger partial charge is 0.303 e. The first-order valence-corrected chi connectivity index (χ1v) is 5.96. The van der Waals surface area contributed by atoms with E-state index in [1.165, 1.54) is 26.2 Å². The molecule has 1 aliphatic carbocycles. The van der Waals surface area contributed by atoms with E-state index in [1.54, 1.807) is 18.9 Å². The van der Waals surface area contributed by atoms with E-state index >= 15 is 0 Å². The van der Waals surface area contributed by atoms with Crippen LogP contribution >= 0.6 is 0 Å². The molecule has 0 N–H and O–H groups in total. The number of hydrogen-bond acceptors (Lipinski definition) is 3. The number of likely N-dealkylation sites (N-methyl/N-ethyl adjacent to an activating group) is 1.